The second kappa shape index (κ2) is 6.39. The quantitative estimate of drug-likeness (QED) is 0.889. The van der Waals surface area contributed by atoms with Crippen LogP contribution >= 0.6 is 0 Å². The molecular formula is C17H21NO. The van der Waals surface area contributed by atoms with Crippen LogP contribution in [0.25, 0.3) is 0 Å². The Labute approximate surface area is 115 Å². The van der Waals surface area contributed by atoms with Crippen LogP contribution in [0.5, 0.6) is 5.75 Å². The molecular weight excluding hydrogens is 234 g/mol. The fourth-order valence-electron chi connectivity index (χ4n) is 2.22. The molecule has 0 radical (unpaired) electrons. The van der Waals surface area contributed by atoms with E-state index in [2.05, 4.69) is 43.3 Å². The van der Waals surface area contributed by atoms with Crippen LogP contribution in [0.15, 0.2) is 48.5 Å². The molecule has 2 aromatic carbocycles. The van der Waals surface area contributed by atoms with Crippen LogP contribution in [0.3, 0.4) is 0 Å². The highest BCUT2D eigenvalue weighted by Gasteiger charge is 2.10. The molecule has 0 saturated heterocycles. The first-order valence-corrected chi connectivity index (χ1v) is 6.62. The first-order valence-electron chi connectivity index (χ1n) is 6.62. The fraction of sp³-hybridized carbons (Fsp3) is 0.294. The maximum atomic E-state index is 5.92. The fourth-order valence-corrected chi connectivity index (χ4v) is 2.22. The SMILES string of the molecule is COc1ccc(CC(CN)c2ccc(C)cc2)cc1. The van der Waals surface area contributed by atoms with Crippen molar-refractivity contribution in [2.75, 3.05) is 13.7 Å². The maximum Gasteiger partial charge on any atom is 0.118 e. The van der Waals surface area contributed by atoms with Gasteiger partial charge in [0.05, 0.1) is 7.11 Å². The number of hydrogen-bond acceptors (Lipinski definition) is 2. The zero-order valence-electron chi connectivity index (χ0n) is 11.6. The largest absolute Gasteiger partial charge is 0.497 e. The summed E-state index contributed by atoms with van der Waals surface area (Å²) in [6, 6.07) is 16.9. The molecule has 1 atom stereocenters. The molecule has 2 aromatic rings. The Hall–Kier alpha value is -1.80. The van der Waals surface area contributed by atoms with E-state index in [1.54, 1.807) is 7.11 Å². The van der Waals surface area contributed by atoms with Crippen molar-refractivity contribution in [1.82, 2.24) is 0 Å². The molecule has 2 nitrogen and oxygen atoms in total. The second-order valence-electron chi connectivity index (χ2n) is 4.90. The standard InChI is InChI=1S/C17H21NO/c1-13-3-7-15(8-4-13)16(12-18)11-14-5-9-17(19-2)10-6-14/h3-10,16H,11-12,18H2,1-2H3. The summed E-state index contributed by atoms with van der Waals surface area (Å²) in [6.45, 7) is 2.76. The highest BCUT2D eigenvalue weighted by atomic mass is 16.5. The van der Waals surface area contributed by atoms with Crippen LogP contribution in [0, 0.1) is 6.92 Å². The molecule has 0 amide bonds. The average molecular weight is 255 g/mol. The van der Waals surface area contributed by atoms with Crippen LogP contribution in [-0.4, -0.2) is 13.7 Å². The van der Waals surface area contributed by atoms with Crippen LogP contribution < -0.4 is 10.5 Å². The van der Waals surface area contributed by atoms with Crippen molar-refractivity contribution < 1.29 is 4.74 Å². The van der Waals surface area contributed by atoms with E-state index in [-0.39, 0.29) is 0 Å². The van der Waals surface area contributed by atoms with Crippen LogP contribution in [-0.2, 0) is 6.42 Å². The Morgan fingerprint density at radius 2 is 1.63 bits per heavy atom. The summed E-state index contributed by atoms with van der Waals surface area (Å²) in [5.74, 6) is 1.26. The van der Waals surface area contributed by atoms with E-state index >= 15 is 0 Å². The third kappa shape index (κ3) is 3.58. The van der Waals surface area contributed by atoms with Crippen molar-refractivity contribution in [3.8, 4) is 5.75 Å². The summed E-state index contributed by atoms with van der Waals surface area (Å²) >= 11 is 0. The van der Waals surface area contributed by atoms with E-state index in [9.17, 15) is 0 Å². The Balaban J connectivity index is 2.11. The highest BCUT2D eigenvalue weighted by molar-refractivity contribution is 5.30. The molecule has 0 aliphatic heterocycles. The van der Waals surface area contributed by atoms with Gasteiger partial charge in [0.15, 0.2) is 0 Å². The number of aryl methyl sites for hydroxylation is 1. The highest BCUT2D eigenvalue weighted by Crippen LogP contribution is 2.22. The minimum Gasteiger partial charge on any atom is -0.497 e. The van der Waals surface area contributed by atoms with Gasteiger partial charge in [0.25, 0.3) is 0 Å². The van der Waals surface area contributed by atoms with Gasteiger partial charge in [0, 0.05) is 5.92 Å². The monoisotopic (exact) mass is 255 g/mol. The lowest BCUT2D eigenvalue weighted by molar-refractivity contribution is 0.414. The van der Waals surface area contributed by atoms with Gasteiger partial charge < -0.3 is 10.5 Å². The van der Waals surface area contributed by atoms with Gasteiger partial charge in [-0.05, 0) is 43.1 Å². The molecule has 0 bridgehead atoms. The third-order valence-corrected chi connectivity index (χ3v) is 3.47. The van der Waals surface area contributed by atoms with Crippen molar-refractivity contribution in [2.24, 2.45) is 5.73 Å². The summed E-state index contributed by atoms with van der Waals surface area (Å²) in [7, 11) is 1.68. The number of rotatable bonds is 5. The topological polar surface area (TPSA) is 35.2 Å². The maximum absolute atomic E-state index is 5.92. The predicted molar refractivity (Wildman–Crippen MR) is 79.7 cm³/mol. The van der Waals surface area contributed by atoms with E-state index in [0.717, 1.165) is 12.2 Å². The Morgan fingerprint density at radius 3 is 2.16 bits per heavy atom. The molecule has 1 unspecified atom stereocenters. The van der Waals surface area contributed by atoms with Gasteiger partial charge >= 0.3 is 0 Å². The van der Waals surface area contributed by atoms with E-state index < -0.39 is 0 Å². The second-order valence-corrected chi connectivity index (χ2v) is 4.90. The van der Waals surface area contributed by atoms with Crippen molar-refractivity contribution >= 4 is 0 Å². The zero-order valence-corrected chi connectivity index (χ0v) is 11.6. The molecule has 2 heteroatoms. The lowest BCUT2D eigenvalue weighted by Gasteiger charge is -2.16. The summed E-state index contributed by atoms with van der Waals surface area (Å²) in [5, 5.41) is 0. The van der Waals surface area contributed by atoms with Crippen molar-refractivity contribution in [1.29, 1.82) is 0 Å². The lowest BCUT2D eigenvalue weighted by Crippen LogP contribution is -2.15. The molecule has 0 fully saturated rings. The molecule has 2 rings (SSSR count). The van der Waals surface area contributed by atoms with Crippen LogP contribution in [0.4, 0.5) is 0 Å². The van der Waals surface area contributed by atoms with Crippen molar-refractivity contribution in [3.63, 3.8) is 0 Å². The predicted octanol–water partition coefficient (Wildman–Crippen LogP) is 3.29. The van der Waals surface area contributed by atoms with Crippen molar-refractivity contribution in [3.05, 3.63) is 65.2 Å². The van der Waals surface area contributed by atoms with Crippen LogP contribution in [0.2, 0.25) is 0 Å². The summed E-state index contributed by atoms with van der Waals surface area (Å²) in [5.41, 5.74) is 9.80. The van der Waals surface area contributed by atoms with Gasteiger partial charge in [0.1, 0.15) is 5.75 Å². The average Bonchev–Trinajstić information content (AvgIpc) is 2.46. The number of methoxy groups -OCH3 is 1. The molecule has 0 aromatic heterocycles. The minimum absolute atomic E-state index is 0.369. The molecule has 2 N–H and O–H groups in total. The zero-order chi connectivity index (χ0) is 13.7. The first kappa shape index (κ1) is 13.6. The number of ether oxygens (including phenoxy) is 1. The smallest absolute Gasteiger partial charge is 0.118 e. The van der Waals surface area contributed by atoms with E-state index in [1.165, 1.54) is 16.7 Å². The summed E-state index contributed by atoms with van der Waals surface area (Å²) in [4.78, 5) is 0. The Morgan fingerprint density at radius 1 is 1.00 bits per heavy atom. The lowest BCUT2D eigenvalue weighted by atomic mass is 9.91. The molecule has 100 valence electrons. The van der Waals surface area contributed by atoms with E-state index in [4.69, 9.17) is 10.5 Å². The molecule has 0 spiro atoms. The Kier molecular flexibility index (Phi) is 4.58. The molecule has 0 aliphatic rings. The Bertz CT molecular complexity index is 502. The third-order valence-electron chi connectivity index (χ3n) is 3.47. The van der Waals surface area contributed by atoms with Gasteiger partial charge in [-0.25, -0.2) is 0 Å². The minimum atomic E-state index is 0.369. The summed E-state index contributed by atoms with van der Waals surface area (Å²) in [6.07, 6.45) is 0.962. The van der Waals surface area contributed by atoms with Gasteiger partial charge in [-0.2, -0.15) is 0 Å². The van der Waals surface area contributed by atoms with Crippen molar-refractivity contribution in [2.45, 2.75) is 19.3 Å². The van der Waals surface area contributed by atoms with Gasteiger partial charge in [-0.15, -0.1) is 0 Å². The first-order chi connectivity index (χ1) is 9.22. The molecule has 0 heterocycles. The normalized spacial score (nSPS) is 12.2. The molecule has 0 saturated carbocycles. The number of nitrogens with two attached hydrogens (primary N) is 1. The summed E-state index contributed by atoms with van der Waals surface area (Å²) < 4.78 is 5.17. The molecule has 19 heavy (non-hydrogen) atoms. The van der Waals surface area contributed by atoms with E-state index in [0.29, 0.717) is 12.5 Å². The van der Waals surface area contributed by atoms with Crippen LogP contribution in [0.1, 0.15) is 22.6 Å². The van der Waals surface area contributed by atoms with Gasteiger partial charge in [-0.3, -0.25) is 0 Å². The van der Waals surface area contributed by atoms with E-state index in [1.807, 2.05) is 12.1 Å². The number of hydrogen-bond donors (Lipinski definition) is 1. The van der Waals surface area contributed by atoms with Gasteiger partial charge in [-0.1, -0.05) is 42.0 Å². The molecule has 0 aliphatic carbocycles. The van der Waals surface area contributed by atoms with Gasteiger partial charge in [0.2, 0.25) is 0 Å². The number of benzene rings is 2.